The minimum atomic E-state index is -4.46. The number of nitrogens with zero attached hydrogens (tertiary/aromatic N) is 2. The van der Waals surface area contributed by atoms with E-state index in [1.54, 1.807) is 30.1 Å². The number of hydrogen-bond donors (Lipinski definition) is 3. The van der Waals surface area contributed by atoms with Crippen molar-refractivity contribution in [2.45, 2.75) is 57.5 Å². The van der Waals surface area contributed by atoms with Gasteiger partial charge in [-0.15, -0.1) is 0 Å². The van der Waals surface area contributed by atoms with Crippen molar-refractivity contribution in [2.24, 2.45) is 11.7 Å². The Morgan fingerprint density at radius 1 is 0.925 bits per heavy atom. The van der Waals surface area contributed by atoms with Crippen molar-refractivity contribution in [2.75, 3.05) is 31.2 Å². The van der Waals surface area contributed by atoms with Crippen molar-refractivity contribution >= 4 is 34.1 Å². The lowest BCUT2D eigenvalue weighted by atomic mass is 9.95. The Morgan fingerprint density at radius 3 is 2.02 bits per heavy atom. The molecule has 3 aromatic rings. The summed E-state index contributed by atoms with van der Waals surface area (Å²) in [7, 11) is 1.80. The molecule has 10 heteroatoms. The molecule has 2 aliphatic rings. The van der Waals surface area contributed by atoms with Gasteiger partial charge >= 0.3 is 6.18 Å². The summed E-state index contributed by atoms with van der Waals surface area (Å²) in [6.45, 7) is 1.18. The zero-order chi connectivity index (χ0) is 29.1. The fourth-order valence-corrected chi connectivity index (χ4v) is 4.83. The number of anilines is 2. The third-order valence-electron chi connectivity index (χ3n) is 7.15. The molecule has 2 amide bonds. The Bertz CT molecular complexity index is 1260. The zero-order valence-electron chi connectivity index (χ0n) is 22.8. The van der Waals surface area contributed by atoms with E-state index in [-0.39, 0.29) is 28.9 Å². The molecule has 5 rings (SSSR count). The molecule has 0 atom stereocenters. The predicted octanol–water partition coefficient (Wildman–Crippen LogP) is 6.24. The van der Waals surface area contributed by atoms with E-state index in [9.17, 15) is 22.8 Å². The summed E-state index contributed by atoms with van der Waals surface area (Å²) < 4.78 is 37.1. The average Bonchev–Trinajstić information content (AvgIpc) is 2.98. The van der Waals surface area contributed by atoms with Crippen LogP contribution in [0.1, 0.15) is 67.4 Å². The van der Waals surface area contributed by atoms with Crippen LogP contribution in [0.3, 0.4) is 0 Å². The fourth-order valence-electron chi connectivity index (χ4n) is 4.83. The fraction of sp³-hybridized carbons (Fsp3) is 0.433. The van der Waals surface area contributed by atoms with Crippen molar-refractivity contribution in [1.82, 2.24) is 9.88 Å². The maximum Gasteiger partial charge on any atom is 0.433 e. The lowest BCUT2D eigenvalue weighted by Gasteiger charge is -2.31. The second kappa shape index (κ2) is 14.5. The minimum Gasteiger partial charge on any atom is -0.398 e. The second-order valence-corrected chi connectivity index (χ2v) is 10.00. The van der Waals surface area contributed by atoms with E-state index in [0.717, 1.165) is 11.8 Å². The molecular formula is C30H38F3N5O2. The molecule has 2 aromatic carbocycles. The van der Waals surface area contributed by atoms with Crippen molar-refractivity contribution in [1.29, 1.82) is 0 Å². The van der Waals surface area contributed by atoms with Crippen LogP contribution in [-0.4, -0.2) is 41.8 Å². The van der Waals surface area contributed by atoms with Gasteiger partial charge in [-0.2, -0.15) is 13.2 Å². The Hall–Kier alpha value is -3.82. The van der Waals surface area contributed by atoms with Gasteiger partial charge in [-0.05, 0) is 37.1 Å². The van der Waals surface area contributed by atoms with Gasteiger partial charge in [-0.3, -0.25) is 9.59 Å². The van der Waals surface area contributed by atoms with Crippen LogP contribution in [0.5, 0.6) is 0 Å². The van der Waals surface area contributed by atoms with Crippen LogP contribution < -0.4 is 16.8 Å². The minimum absolute atomic E-state index is 0.00729. The first-order chi connectivity index (χ1) is 19.1. The third-order valence-corrected chi connectivity index (χ3v) is 7.15. The molecule has 2 fully saturated rings. The van der Waals surface area contributed by atoms with E-state index in [2.05, 4.69) is 10.3 Å². The van der Waals surface area contributed by atoms with Gasteiger partial charge in [0.2, 0.25) is 5.91 Å². The molecule has 5 N–H and O–H groups in total. The number of benzene rings is 2. The van der Waals surface area contributed by atoms with Gasteiger partial charge in [0.25, 0.3) is 5.91 Å². The van der Waals surface area contributed by atoms with E-state index in [0.29, 0.717) is 36.9 Å². The zero-order valence-corrected chi connectivity index (χ0v) is 22.8. The van der Waals surface area contributed by atoms with Crippen LogP contribution in [0.15, 0.2) is 54.6 Å². The number of likely N-dealkylation sites (tertiary alicyclic amines) is 1. The number of carbonyl (C=O) groups is 2. The first-order valence-corrected chi connectivity index (χ1v) is 13.7. The third kappa shape index (κ3) is 8.59. The number of fused-ring (bicyclic) bond motifs is 1. The van der Waals surface area contributed by atoms with Crippen LogP contribution >= 0.6 is 0 Å². The van der Waals surface area contributed by atoms with Gasteiger partial charge in [0.15, 0.2) is 0 Å². The van der Waals surface area contributed by atoms with Crippen LogP contribution in [0, 0.1) is 5.92 Å². The lowest BCUT2D eigenvalue weighted by Crippen LogP contribution is -2.41. The number of alkyl halides is 3. The molecule has 0 unspecified atom stereocenters. The van der Waals surface area contributed by atoms with E-state index in [1.807, 2.05) is 24.3 Å². The molecule has 0 spiro atoms. The SMILES string of the molecule is C1CCCCC1.CNc1ccccc1C(=O)N1CCC(C(N)=O)CC1.Nc1cc(C(F)(F)F)nc2ccccc12. The summed E-state index contributed by atoms with van der Waals surface area (Å²) >= 11 is 0. The average molecular weight is 558 g/mol. The molecule has 7 nitrogen and oxygen atoms in total. The Balaban J connectivity index is 0.000000186. The summed E-state index contributed by atoms with van der Waals surface area (Å²) in [6, 6.07) is 14.7. The maximum atomic E-state index is 12.4. The van der Waals surface area contributed by atoms with Gasteiger partial charge in [-0.25, -0.2) is 4.98 Å². The number of primary amides is 1. The van der Waals surface area contributed by atoms with E-state index >= 15 is 0 Å². The number of nitrogen functional groups attached to an aromatic ring is 1. The number of pyridine rings is 1. The summed E-state index contributed by atoms with van der Waals surface area (Å²) in [5.74, 6) is -0.348. The van der Waals surface area contributed by atoms with Crippen LogP contribution in [-0.2, 0) is 11.0 Å². The second-order valence-electron chi connectivity index (χ2n) is 10.00. The standard InChI is InChI=1S/C14H19N3O2.C10H7F3N2.C6H12/c1-16-12-5-3-2-4-11(12)14(19)17-8-6-10(7-9-17)13(15)18;11-10(12,13)9-5-7(14)6-3-1-2-4-8(6)15-9;1-2-4-6-5-3-1/h2-5,10,16H,6-9H2,1H3,(H2,15,18);1-5H,(H2,14,15);1-6H2. The first kappa shape index (κ1) is 30.7. The van der Waals surface area contributed by atoms with Crippen molar-refractivity contribution in [3.8, 4) is 0 Å². The van der Waals surface area contributed by atoms with Crippen LogP contribution in [0.25, 0.3) is 10.9 Å². The lowest BCUT2D eigenvalue weighted by molar-refractivity contribution is -0.140. The summed E-state index contributed by atoms with van der Waals surface area (Å²) in [5.41, 5.74) is 11.7. The van der Waals surface area contributed by atoms with Crippen molar-refractivity contribution in [3.05, 3.63) is 65.9 Å². The molecule has 216 valence electrons. The molecule has 2 heterocycles. The largest absolute Gasteiger partial charge is 0.433 e. The molecule has 0 radical (unpaired) electrons. The molecule has 1 saturated carbocycles. The number of nitrogens with two attached hydrogens (primary N) is 2. The molecular weight excluding hydrogens is 519 g/mol. The number of carbonyl (C=O) groups excluding carboxylic acids is 2. The quantitative estimate of drug-likeness (QED) is 0.353. The van der Waals surface area contributed by atoms with Crippen LogP contribution in [0.2, 0.25) is 0 Å². The number of para-hydroxylation sites is 2. The van der Waals surface area contributed by atoms with Gasteiger partial charge < -0.3 is 21.7 Å². The van der Waals surface area contributed by atoms with E-state index in [1.165, 1.54) is 44.6 Å². The van der Waals surface area contributed by atoms with E-state index in [4.69, 9.17) is 11.5 Å². The molecule has 0 bridgehead atoms. The number of nitrogens with one attached hydrogen (secondary N) is 1. The highest BCUT2D eigenvalue weighted by Gasteiger charge is 2.33. The summed E-state index contributed by atoms with van der Waals surface area (Å²) in [6.07, 6.45) is 5.85. The van der Waals surface area contributed by atoms with Crippen LogP contribution in [0.4, 0.5) is 24.5 Å². The molecule has 1 aliphatic heterocycles. The van der Waals surface area contributed by atoms with Crippen molar-refractivity contribution < 1.29 is 22.8 Å². The molecule has 1 saturated heterocycles. The Kier molecular flexibility index (Phi) is 11.2. The van der Waals surface area contributed by atoms with Gasteiger partial charge in [0.1, 0.15) is 5.69 Å². The van der Waals surface area contributed by atoms with Crippen molar-refractivity contribution in [3.63, 3.8) is 0 Å². The Morgan fingerprint density at radius 2 is 1.48 bits per heavy atom. The predicted molar refractivity (Wildman–Crippen MR) is 153 cm³/mol. The van der Waals surface area contributed by atoms with Gasteiger partial charge in [0.05, 0.1) is 11.1 Å². The molecule has 40 heavy (non-hydrogen) atoms. The number of aromatic nitrogens is 1. The summed E-state index contributed by atoms with van der Waals surface area (Å²) in [4.78, 5) is 28.8. The number of piperidine rings is 1. The highest BCUT2D eigenvalue weighted by Crippen LogP contribution is 2.31. The summed E-state index contributed by atoms with van der Waals surface area (Å²) in [5, 5.41) is 3.55. The highest BCUT2D eigenvalue weighted by molar-refractivity contribution is 5.99. The maximum absolute atomic E-state index is 12.4. The smallest absolute Gasteiger partial charge is 0.398 e. The topological polar surface area (TPSA) is 114 Å². The number of hydrogen-bond acceptors (Lipinski definition) is 5. The first-order valence-electron chi connectivity index (χ1n) is 13.7. The normalized spacial score (nSPS) is 15.8. The molecule has 1 aliphatic carbocycles. The van der Waals surface area contributed by atoms with Gasteiger partial charge in [0, 0.05) is 42.8 Å². The Labute approximate surface area is 233 Å². The highest BCUT2D eigenvalue weighted by atomic mass is 19.4. The number of amides is 2. The number of halogens is 3. The van der Waals surface area contributed by atoms with Gasteiger partial charge in [-0.1, -0.05) is 68.9 Å². The number of rotatable bonds is 3. The monoisotopic (exact) mass is 557 g/mol. The molecule has 1 aromatic heterocycles. The van der Waals surface area contributed by atoms with E-state index < -0.39 is 11.9 Å².